The van der Waals surface area contributed by atoms with Gasteiger partial charge in [0.25, 0.3) is 5.79 Å². The van der Waals surface area contributed by atoms with E-state index in [1.807, 2.05) is 91.0 Å². The SMILES string of the molecule is CCOC(=O)C12CC(c3ccccc3)(c3ccccc3)OOC1(OC(C)=O)CCN(Cc1ccccc1)C2=O. The number of carbonyl (C=O) groups is 3. The lowest BCUT2D eigenvalue weighted by Gasteiger charge is -2.56. The number of carbonyl (C=O) groups excluding carboxylic acids is 3. The van der Waals surface area contributed by atoms with Crippen molar-refractivity contribution >= 4 is 17.8 Å². The normalized spacial score (nSPS) is 23.9. The van der Waals surface area contributed by atoms with E-state index < -0.39 is 34.6 Å². The zero-order chi connectivity index (χ0) is 27.5. The molecule has 8 heteroatoms. The van der Waals surface area contributed by atoms with Gasteiger partial charge in [0.1, 0.15) is 0 Å². The summed E-state index contributed by atoms with van der Waals surface area (Å²) in [6.45, 7) is 3.34. The Labute approximate surface area is 227 Å². The molecule has 1 amide bonds. The molecule has 0 saturated carbocycles. The van der Waals surface area contributed by atoms with Crippen LogP contribution in [0.15, 0.2) is 91.0 Å². The highest BCUT2D eigenvalue weighted by atomic mass is 17.2. The van der Waals surface area contributed by atoms with Gasteiger partial charge in [-0.3, -0.25) is 14.4 Å². The number of nitrogens with zero attached hydrogens (tertiary/aromatic N) is 1. The molecule has 5 rings (SSSR count). The molecule has 2 aliphatic heterocycles. The predicted molar refractivity (Wildman–Crippen MR) is 140 cm³/mol. The number of fused-ring (bicyclic) bond motifs is 1. The van der Waals surface area contributed by atoms with Gasteiger partial charge in [-0.15, -0.1) is 0 Å². The van der Waals surface area contributed by atoms with Crippen molar-refractivity contribution in [3.05, 3.63) is 108 Å². The lowest BCUT2D eigenvalue weighted by atomic mass is 9.63. The quantitative estimate of drug-likeness (QED) is 0.252. The van der Waals surface area contributed by atoms with E-state index in [-0.39, 0.29) is 32.5 Å². The second kappa shape index (κ2) is 10.6. The van der Waals surface area contributed by atoms with Crippen molar-refractivity contribution in [2.75, 3.05) is 13.2 Å². The molecule has 0 spiro atoms. The second-order valence-corrected chi connectivity index (χ2v) is 9.84. The number of piperidine rings is 1. The Balaban J connectivity index is 1.71. The van der Waals surface area contributed by atoms with Crippen LogP contribution in [0.1, 0.15) is 43.4 Å². The zero-order valence-corrected chi connectivity index (χ0v) is 22.0. The molecule has 202 valence electrons. The first-order valence-electron chi connectivity index (χ1n) is 13.0. The summed E-state index contributed by atoms with van der Waals surface area (Å²) in [7, 11) is 0. The van der Waals surface area contributed by atoms with E-state index >= 15 is 0 Å². The molecule has 2 heterocycles. The van der Waals surface area contributed by atoms with Crippen molar-refractivity contribution in [2.45, 2.75) is 44.6 Å². The first kappa shape index (κ1) is 26.6. The summed E-state index contributed by atoms with van der Waals surface area (Å²) < 4.78 is 11.3. The van der Waals surface area contributed by atoms with Crippen LogP contribution >= 0.6 is 0 Å². The van der Waals surface area contributed by atoms with Crippen LogP contribution in [0.5, 0.6) is 0 Å². The van der Waals surface area contributed by atoms with Crippen LogP contribution in [-0.4, -0.2) is 41.7 Å². The third-order valence-electron chi connectivity index (χ3n) is 7.47. The first-order valence-corrected chi connectivity index (χ1v) is 13.0. The molecule has 2 fully saturated rings. The van der Waals surface area contributed by atoms with E-state index in [1.54, 1.807) is 11.8 Å². The molecule has 0 bridgehead atoms. The Morgan fingerprint density at radius 3 is 1.97 bits per heavy atom. The minimum absolute atomic E-state index is 0.0175. The van der Waals surface area contributed by atoms with E-state index in [1.165, 1.54) is 6.92 Å². The molecule has 8 nitrogen and oxygen atoms in total. The number of ether oxygens (including phenoxy) is 2. The van der Waals surface area contributed by atoms with Gasteiger partial charge in [0, 0.05) is 32.9 Å². The third-order valence-corrected chi connectivity index (χ3v) is 7.47. The molecular formula is C31H31NO7. The van der Waals surface area contributed by atoms with Crippen molar-refractivity contribution in [3.63, 3.8) is 0 Å². The number of esters is 2. The van der Waals surface area contributed by atoms with Crippen LogP contribution in [0.4, 0.5) is 0 Å². The fraction of sp³-hybridized carbons (Fsp3) is 0.323. The summed E-state index contributed by atoms with van der Waals surface area (Å²) in [5.74, 6) is -4.09. The average molecular weight is 530 g/mol. The number of benzene rings is 3. The molecule has 2 atom stereocenters. The van der Waals surface area contributed by atoms with Crippen molar-refractivity contribution in [2.24, 2.45) is 5.41 Å². The maximum atomic E-state index is 14.6. The highest BCUT2D eigenvalue weighted by molar-refractivity contribution is 6.05. The average Bonchev–Trinajstić information content (AvgIpc) is 2.96. The minimum Gasteiger partial charge on any atom is -0.465 e. The van der Waals surface area contributed by atoms with E-state index in [9.17, 15) is 14.4 Å². The lowest BCUT2D eigenvalue weighted by molar-refractivity contribution is -0.507. The zero-order valence-electron chi connectivity index (χ0n) is 22.0. The Kier molecular flexibility index (Phi) is 7.25. The number of rotatable bonds is 7. The molecule has 3 aromatic carbocycles. The third kappa shape index (κ3) is 4.49. The fourth-order valence-electron chi connectivity index (χ4n) is 5.69. The summed E-state index contributed by atoms with van der Waals surface area (Å²) in [6.07, 6.45) is -0.187. The van der Waals surface area contributed by atoms with E-state index in [4.69, 9.17) is 19.2 Å². The Hall–Kier alpha value is -4.01. The molecule has 0 aliphatic carbocycles. The summed E-state index contributed by atoms with van der Waals surface area (Å²) in [4.78, 5) is 55.0. The molecular weight excluding hydrogens is 498 g/mol. The fourth-order valence-corrected chi connectivity index (χ4v) is 5.69. The van der Waals surface area contributed by atoms with Crippen LogP contribution < -0.4 is 0 Å². The van der Waals surface area contributed by atoms with Crippen molar-refractivity contribution in [3.8, 4) is 0 Å². The number of hydrogen-bond donors (Lipinski definition) is 0. The molecule has 0 aromatic heterocycles. The maximum absolute atomic E-state index is 14.6. The number of likely N-dealkylation sites (tertiary alicyclic amines) is 1. The number of amides is 1. The Morgan fingerprint density at radius 2 is 1.44 bits per heavy atom. The van der Waals surface area contributed by atoms with Gasteiger partial charge < -0.3 is 14.4 Å². The van der Waals surface area contributed by atoms with Crippen LogP contribution in [0.3, 0.4) is 0 Å². The standard InChI is InChI=1S/C31H31NO7/c1-3-36-28(35)29-22-30(25-15-9-5-10-16-25,26-17-11-6-12-18-26)38-39-31(29,37-23(2)33)19-20-32(27(29)34)21-24-13-7-4-8-14-24/h4-18H,3,19-22H2,1-2H3. The van der Waals surface area contributed by atoms with Crippen LogP contribution in [0.2, 0.25) is 0 Å². The van der Waals surface area contributed by atoms with E-state index in [0.29, 0.717) is 11.1 Å². The van der Waals surface area contributed by atoms with Gasteiger partial charge in [0.2, 0.25) is 11.3 Å². The molecule has 3 aromatic rings. The van der Waals surface area contributed by atoms with Crippen LogP contribution in [-0.2, 0) is 45.8 Å². The van der Waals surface area contributed by atoms with E-state index in [0.717, 1.165) is 5.56 Å². The first-order chi connectivity index (χ1) is 18.9. The van der Waals surface area contributed by atoms with Crippen molar-refractivity contribution in [1.82, 2.24) is 4.90 Å². The lowest BCUT2D eigenvalue weighted by Crippen LogP contribution is -2.73. The highest BCUT2D eigenvalue weighted by Gasteiger charge is 2.76. The molecule has 2 aliphatic rings. The van der Waals surface area contributed by atoms with Gasteiger partial charge in [-0.05, 0) is 23.6 Å². The summed E-state index contributed by atoms with van der Waals surface area (Å²) in [5, 5.41) is 0. The van der Waals surface area contributed by atoms with Gasteiger partial charge in [0.15, 0.2) is 5.60 Å². The molecule has 0 N–H and O–H groups in total. The summed E-state index contributed by atoms with van der Waals surface area (Å²) in [6, 6.07) is 28.0. The highest BCUT2D eigenvalue weighted by Crippen LogP contribution is 2.58. The monoisotopic (exact) mass is 529 g/mol. The maximum Gasteiger partial charge on any atom is 0.328 e. The van der Waals surface area contributed by atoms with E-state index in [2.05, 4.69) is 0 Å². The molecule has 2 unspecified atom stereocenters. The molecule has 39 heavy (non-hydrogen) atoms. The van der Waals surface area contributed by atoms with Gasteiger partial charge in [0.05, 0.1) is 6.61 Å². The smallest absolute Gasteiger partial charge is 0.328 e. The molecule has 0 radical (unpaired) electrons. The second-order valence-electron chi connectivity index (χ2n) is 9.84. The van der Waals surface area contributed by atoms with Gasteiger partial charge >= 0.3 is 11.9 Å². The van der Waals surface area contributed by atoms with Crippen LogP contribution in [0, 0.1) is 5.41 Å². The van der Waals surface area contributed by atoms with Crippen molar-refractivity contribution in [1.29, 1.82) is 0 Å². The van der Waals surface area contributed by atoms with Crippen LogP contribution in [0.25, 0.3) is 0 Å². The minimum atomic E-state index is -2.05. The topological polar surface area (TPSA) is 91.4 Å². The largest absolute Gasteiger partial charge is 0.465 e. The predicted octanol–water partition coefficient (Wildman–Crippen LogP) is 4.52. The summed E-state index contributed by atoms with van der Waals surface area (Å²) >= 11 is 0. The summed E-state index contributed by atoms with van der Waals surface area (Å²) in [5.41, 5.74) is -1.19. The van der Waals surface area contributed by atoms with Gasteiger partial charge in [-0.1, -0.05) is 91.0 Å². The Bertz CT molecular complexity index is 1290. The number of hydrogen-bond acceptors (Lipinski definition) is 7. The van der Waals surface area contributed by atoms with Gasteiger partial charge in [-0.2, -0.15) is 4.89 Å². The van der Waals surface area contributed by atoms with Crippen molar-refractivity contribution < 1.29 is 33.6 Å². The molecule has 2 saturated heterocycles. The Morgan fingerprint density at radius 1 is 0.872 bits per heavy atom. The van der Waals surface area contributed by atoms with Gasteiger partial charge in [-0.25, -0.2) is 4.89 Å².